The van der Waals surface area contributed by atoms with Crippen LogP contribution >= 0.6 is 0 Å². The highest BCUT2D eigenvalue weighted by atomic mass is 16.5. The number of benzene rings is 1. The highest BCUT2D eigenvalue weighted by Crippen LogP contribution is 2.13. The summed E-state index contributed by atoms with van der Waals surface area (Å²) in [6.45, 7) is 5.63. The summed E-state index contributed by atoms with van der Waals surface area (Å²) in [5, 5.41) is 0. The number of hydrogen-bond acceptors (Lipinski definition) is 2. The van der Waals surface area contributed by atoms with Gasteiger partial charge in [-0.3, -0.25) is 0 Å². The van der Waals surface area contributed by atoms with Crippen LogP contribution in [0.5, 0.6) is 5.75 Å². The molecule has 16 heavy (non-hydrogen) atoms. The van der Waals surface area contributed by atoms with Crippen molar-refractivity contribution in [3.63, 3.8) is 0 Å². The van der Waals surface area contributed by atoms with E-state index in [4.69, 9.17) is 4.74 Å². The van der Waals surface area contributed by atoms with Gasteiger partial charge in [0.15, 0.2) is 0 Å². The fourth-order valence-electron chi connectivity index (χ4n) is 1.42. The van der Waals surface area contributed by atoms with Crippen molar-refractivity contribution in [1.29, 1.82) is 0 Å². The van der Waals surface area contributed by atoms with Gasteiger partial charge in [-0.05, 0) is 51.2 Å². The van der Waals surface area contributed by atoms with Crippen molar-refractivity contribution >= 4 is 6.08 Å². The summed E-state index contributed by atoms with van der Waals surface area (Å²) in [5.41, 5.74) is 1.12. The standard InChI is InChI=1S/C14H21NO/c1-4-13-7-9-14(10-8-13)16-12-6-5-11-15(2)3/h4,7-10H,1,5-6,11-12H2,2-3H3. The van der Waals surface area contributed by atoms with Gasteiger partial charge in [-0.2, -0.15) is 0 Å². The van der Waals surface area contributed by atoms with E-state index in [1.165, 1.54) is 6.42 Å². The largest absolute Gasteiger partial charge is 0.494 e. The number of ether oxygens (including phenoxy) is 1. The monoisotopic (exact) mass is 219 g/mol. The smallest absolute Gasteiger partial charge is 0.119 e. The summed E-state index contributed by atoms with van der Waals surface area (Å²) in [6, 6.07) is 8.01. The Morgan fingerprint density at radius 1 is 1.19 bits per heavy atom. The molecule has 1 rings (SSSR count). The van der Waals surface area contributed by atoms with Crippen LogP contribution in [0.25, 0.3) is 6.08 Å². The fourth-order valence-corrected chi connectivity index (χ4v) is 1.42. The van der Waals surface area contributed by atoms with Gasteiger partial charge < -0.3 is 9.64 Å². The summed E-state index contributed by atoms with van der Waals surface area (Å²) in [7, 11) is 4.18. The van der Waals surface area contributed by atoms with E-state index in [1.807, 2.05) is 30.3 Å². The Morgan fingerprint density at radius 3 is 2.44 bits per heavy atom. The second-order valence-electron chi connectivity index (χ2n) is 4.13. The average Bonchev–Trinajstić information content (AvgIpc) is 2.29. The van der Waals surface area contributed by atoms with Gasteiger partial charge in [0.2, 0.25) is 0 Å². The highest BCUT2D eigenvalue weighted by Gasteiger charge is 1.94. The molecule has 0 radical (unpaired) electrons. The first-order valence-electron chi connectivity index (χ1n) is 5.72. The number of unbranched alkanes of at least 4 members (excludes halogenated alkanes) is 1. The van der Waals surface area contributed by atoms with E-state index in [9.17, 15) is 0 Å². The van der Waals surface area contributed by atoms with Gasteiger partial charge in [0, 0.05) is 0 Å². The van der Waals surface area contributed by atoms with E-state index < -0.39 is 0 Å². The van der Waals surface area contributed by atoms with Gasteiger partial charge in [0.25, 0.3) is 0 Å². The molecule has 1 aromatic rings. The van der Waals surface area contributed by atoms with Crippen LogP contribution in [0.4, 0.5) is 0 Å². The Bertz CT molecular complexity index is 303. The molecule has 0 heterocycles. The van der Waals surface area contributed by atoms with E-state index in [2.05, 4.69) is 25.6 Å². The normalized spacial score (nSPS) is 10.4. The lowest BCUT2D eigenvalue weighted by Gasteiger charge is -2.09. The van der Waals surface area contributed by atoms with Crippen LogP contribution in [-0.2, 0) is 0 Å². The molecule has 0 unspecified atom stereocenters. The first-order valence-corrected chi connectivity index (χ1v) is 5.72. The first-order chi connectivity index (χ1) is 7.72. The van der Waals surface area contributed by atoms with E-state index >= 15 is 0 Å². The van der Waals surface area contributed by atoms with Gasteiger partial charge in [0.05, 0.1) is 6.61 Å². The summed E-state index contributed by atoms with van der Waals surface area (Å²) in [6.07, 6.45) is 4.11. The predicted octanol–water partition coefficient (Wildman–Crippen LogP) is 3.05. The van der Waals surface area contributed by atoms with Crippen LogP contribution < -0.4 is 4.74 Å². The fraction of sp³-hybridized carbons (Fsp3) is 0.429. The Morgan fingerprint density at radius 2 is 1.88 bits per heavy atom. The summed E-state index contributed by atoms with van der Waals surface area (Å²) < 4.78 is 5.63. The van der Waals surface area contributed by atoms with Crippen LogP contribution in [0, 0.1) is 0 Å². The maximum atomic E-state index is 5.63. The van der Waals surface area contributed by atoms with Gasteiger partial charge in [-0.15, -0.1) is 0 Å². The van der Waals surface area contributed by atoms with E-state index in [0.717, 1.165) is 30.9 Å². The summed E-state index contributed by atoms with van der Waals surface area (Å²) in [4.78, 5) is 2.19. The van der Waals surface area contributed by atoms with Gasteiger partial charge >= 0.3 is 0 Å². The van der Waals surface area contributed by atoms with Crippen molar-refractivity contribution in [2.75, 3.05) is 27.2 Å². The van der Waals surface area contributed by atoms with Gasteiger partial charge in [0.1, 0.15) is 5.75 Å². The number of hydrogen-bond donors (Lipinski definition) is 0. The van der Waals surface area contributed by atoms with Crippen molar-refractivity contribution in [2.24, 2.45) is 0 Å². The average molecular weight is 219 g/mol. The molecule has 0 fully saturated rings. The van der Waals surface area contributed by atoms with Crippen molar-refractivity contribution in [3.8, 4) is 5.75 Å². The molecule has 2 nitrogen and oxygen atoms in total. The van der Waals surface area contributed by atoms with E-state index in [0.29, 0.717) is 0 Å². The van der Waals surface area contributed by atoms with Gasteiger partial charge in [-0.1, -0.05) is 24.8 Å². The minimum Gasteiger partial charge on any atom is -0.494 e. The molecule has 0 bridgehead atoms. The van der Waals surface area contributed by atoms with Crippen LogP contribution in [0.3, 0.4) is 0 Å². The van der Waals surface area contributed by atoms with Crippen LogP contribution in [0.1, 0.15) is 18.4 Å². The molecule has 0 spiro atoms. The lowest BCUT2D eigenvalue weighted by atomic mass is 10.2. The van der Waals surface area contributed by atoms with Crippen molar-refractivity contribution in [1.82, 2.24) is 4.90 Å². The molecule has 88 valence electrons. The zero-order valence-corrected chi connectivity index (χ0v) is 10.3. The second kappa shape index (κ2) is 7.07. The molecule has 1 aromatic carbocycles. The lowest BCUT2D eigenvalue weighted by Crippen LogP contribution is -2.13. The molecule has 0 atom stereocenters. The third kappa shape index (κ3) is 4.99. The van der Waals surface area contributed by atoms with Crippen LogP contribution in [0.15, 0.2) is 30.8 Å². The quantitative estimate of drug-likeness (QED) is 0.653. The summed E-state index contributed by atoms with van der Waals surface area (Å²) in [5.74, 6) is 0.940. The molecule has 0 N–H and O–H groups in total. The zero-order chi connectivity index (χ0) is 11.8. The first kappa shape index (κ1) is 12.8. The minimum atomic E-state index is 0.793. The Balaban J connectivity index is 2.19. The lowest BCUT2D eigenvalue weighted by molar-refractivity contribution is 0.293. The van der Waals surface area contributed by atoms with E-state index in [-0.39, 0.29) is 0 Å². The maximum absolute atomic E-state index is 5.63. The molecule has 0 amide bonds. The number of nitrogens with zero attached hydrogens (tertiary/aromatic N) is 1. The molecule has 0 aliphatic rings. The Hall–Kier alpha value is -1.28. The Kier molecular flexibility index (Phi) is 5.65. The van der Waals surface area contributed by atoms with Gasteiger partial charge in [-0.25, -0.2) is 0 Å². The number of rotatable bonds is 7. The Labute approximate surface area is 98.5 Å². The minimum absolute atomic E-state index is 0.793. The molecule has 2 heteroatoms. The van der Waals surface area contributed by atoms with Crippen LogP contribution in [0.2, 0.25) is 0 Å². The third-order valence-electron chi connectivity index (χ3n) is 2.38. The van der Waals surface area contributed by atoms with Crippen molar-refractivity contribution in [2.45, 2.75) is 12.8 Å². The third-order valence-corrected chi connectivity index (χ3v) is 2.38. The summed E-state index contributed by atoms with van der Waals surface area (Å²) >= 11 is 0. The molecule has 0 aliphatic carbocycles. The topological polar surface area (TPSA) is 12.5 Å². The molecular formula is C14H21NO. The van der Waals surface area contributed by atoms with E-state index in [1.54, 1.807) is 0 Å². The second-order valence-corrected chi connectivity index (χ2v) is 4.13. The van der Waals surface area contributed by atoms with Crippen molar-refractivity contribution in [3.05, 3.63) is 36.4 Å². The SMILES string of the molecule is C=Cc1ccc(OCCCCN(C)C)cc1. The molecule has 0 saturated heterocycles. The highest BCUT2D eigenvalue weighted by molar-refractivity contribution is 5.48. The molecule has 0 aliphatic heterocycles. The molecular weight excluding hydrogens is 198 g/mol. The maximum Gasteiger partial charge on any atom is 0.119 e. The molecule has 0 aromatic heterocycles. The molecule has 0 saturated carbocycles. The van der Waals surface area contributed by atoms with Crippen molar-refractivity contribution < 1.29 is 4.74 Å². The predicted molar refractivity (Wildman–Crippen MR) is 69.8 cm³/mol. The zero-order valence-electron chi connectivity index (χ0n) is 10.3. The van der Waals surface area contributed by atoms with Crippen LogP contribution in [-0.4, -0.2) is 32.1 Å².